The number of pyridine rings is 1. The van der Waals surface area contributed by atoms with E-state index in [0.29, 0.717) is 30.7 Å². The number of carboxylic acid groups (broad SMARTS) is 1. The molecule has 1 aliphatic heterocycles. The summed E-state index contributed by atoms with van der Waals surface area (Å²) in [5.74, 6) is 0.356. The molecule has 180 valence electrons. The maximum Gasteiger partial charge on any atom is 0.308 e. The molecule has 0 amide bonds. The number of hydrogen-bond donors (Lipinski definition) is 1. The minimum absolute atomic E-state index is 0.0225. The number of alkyl halides is 1. The van der Waals surface area contributed by atoms with E-state index in [1.807, 2.05) is 18.2 Å². The van der Waals surface area contributed by atoms with Crippen molar-refractivity contribution in [3.05, 3.63) is 36.0 Å². The third-order valence-corrected chi connectivity index (χ3v) is 7.85. The highest BCUT2D eigenvalue weighted by molar-refractivity contribution is 5.83. The van der Waals surface area contributed by atoms with Gasteiger partial charge in [-0.05, 0) is 80.4 Å². The van der Waals surface area contributed by atoms with Gasteiger partial charge < -0.3 is 14.7 Å². The summed E-state index contributed by atoms with van der Waals surface area (Å²) in [6.45, 7) is 2.52. The molecule has 2 heterocycles. The highest BCUT2D eigenvalue weighted by atomic mass is 19.1. The molecule has 33 heavy (non-hydrogen) atoms. The van der Waals surface area contributed by atoms with Crippen molar-refractivity contribution >= 4 is 16.9 Å². The van der Waals surface area contributed by atoms with E-state index in [1.54, 1.807) is 19.4 Å². The van der Waals surface area contributed by atoms with Gasteiger partial charge >= 0.3 is 5.97 Å². The second-order valence-electron chi connectivity index (χ2n) is 9.91. The van der Waals surface area contributed by atoms with Gasteiger partial charge in [0.1, 0.15) is 11.9 Å². The Morgan fingerprint density at radius 1 is 1.21 bits per heavy atom. The average Bonchev–Trinajstić information content (AvgIpc) is 2.86. The van der Waals surface area contributed by atoms with Gasteiger partial charge in [0.2, 0.25) is 0 Å². The summed E-state index contributed by atoms with van der Waals surface area (Å²) >= 11 is 0. The van der Waals surface area contributed by atoms with E-state index in [4.69, 9.17) is 4.74 Å². The lowest BCUT2D eigenvalue weighted by Gasteiger charge is -2.37. The number of piperidine rings is 1. The number of carbonyl (C=O) groups is 1. The van der Waals surface area contributed by atoms with Crippen LogP contribution in [0.1, 0.15) is 69.5 Å². The van der Waals surface area contributed by atoms with Crippen LogP contribution in [0, 0.1) is 17.8 Å². The number of rotatable bonds is 9. The van der Waals surface area contributed by atoms with Crippen molar-refractivity contribution in [3.63, 3.8) is 0 Å². The van der Waals surface area contributed by atoms with Gasteiger partial charge in [-0.3, -0.25) is 9.78 Å². The second-order valence-corrected chi connectivity index (χ2v) is 9.91. The first-order valence-corrected chi connectivity index (χ1v) is 12.6. The normalized spacial score (nSPS) is 23.5. The van der Waals surface area contributed by atoms with Crippen LogP contribution in [0.4, 0.5) is 4.39 Å². The van der Waals surface area contributed by atoms with Crippen LogP contribution in [0.15, 0.2) is 30.5 Å². The molecule has 1 saturated carbocycles. The topological polar surface area (TPSA) is 62.7 Å². The molecule has 1 aromatic carbocycles. The maximum atomic E-state index is 15.4. The Bertz CT molecular complexity index is 931. The monoisotopic (exact) mass is 456 g/mol. The number of benzene rings is 1. The summed E-state index contributed by atoms with van der Waals surface area (Å²) in [6, 6.07) is 7.23. The first-order valence-electron chi connectivity index (χ1n) is 12.6. The minimum Gasteiger partial charge on any atom is -0.497 e. The van der Waals surface area contributed by atoms with E-state index in [0.717, 1.165) is 36.3 Å². The van der Waals surface area contributed by atoms with Gasteiger partial charge in [0, 0.05) is 18.1 Å². The zero-order valence-corrected chi connectivity index (χ0v) is 19.7. The predicted molar refractivity (Wildman–Crippen MR) is 128 cm³/mol. The van der Waals surface area contributed by atoms with Crippen LogP contribution in [0.25, 0.3) is 10.9 Å². The third-order valence-electron chi connectivity index (χ3n) is 7.85. The molecule has 1 N–H and O–H groups in total. The van der Waals surface area contributed by atoms with E-state index in [1.165, 1.54) is 38.5 Å². The van der Waals surface area contributed by atoms with Crippen LogP contribution < -0.4 is 4.74 Å². The van der Waals surface area contributed by atoms with Crippen LogP contribution in [0.2, 0.25) is 0 Å². The third kappa shape index (κ3) is 6.03. The molecule has 4 rings (SSSR count). The number of halogens is 1. The van der Waals surface area contributed by atoms with Gasteiger partial charge in [0.15, 0.2) is 0 Å². The number of methoxy groups -OCH3 is 1. The maximum absolute atomic E-state index is 15.4. The lowest BCUT2D eigenvalue weighted by atomic mass is 9.81. The van der Waals surface area contributed by atoms with Crippen LogP contribution in [0.5, 0.6) is 5.75 Å². The second kappa shape index (κ2) is 11.3. The molecule has 1 saturated heterocycles. The molecule has 0 radical (unpaired) electrons. The van der Waals surface area contributed by atoms with Crippen LogP contribution in [0.3, 0.4) is 0 Å². The smallest absolute Gasteiger partial charge is 0.308 e. The molecular formula is C27H37FN2O3. The average molecular weight is 457 g/mol. The Morgan fingerprint density at radius 2 is 2.03 bits per heavy atom. The molecule has 3 atom stereocenters. The lowest BCUT2D eigenvalue weighted by molar-refractivity contribution is -0.146. The summed E-state index contributed by atoms with van der Waals surface area (Å²) < 4.78 is 20.7. The largest absolute Gasteiger partial charge is 0.497 e. The Kier molecular flexibility index (Phi) is 8.18. The molecule has 6 heteroatoms. The predicted octanol–water partition coefficient (Wildman–Crippen LogP) is 6.03. The Balaban J connectivity index is 1.34. The van der Waals surface area contributed by atoms with Crippen molar-refractivity contribution in [1.82, 2.24) is 9.88 Å². The van der Waals surface area contributed by atoms with Crippen molar-refractivity contribution in [2.24, 2.45) is 17.8 Å². The number of nitrogens with zero attached hydrogens (tertiary/aromatic N) is 2. The highest BCUT2D eigenvalue weighted by Gasteiger charge is 2.34. The van der Waals surface area contributed by atoms with E-state index >= 15 is 4.39 Å². The number of likely N-dealkylation sites (tertiary alicyclic amines) is 1. The summed E-state index contributed by atoms with van der Waals surface area (Å²) in [5, 5.41) is 10.6. The van der Waals surface area contributed by atoms with Crippen molar-refractivity contribution in [1.29, 1.82) is 0 Å². The molecule has 2 fully saturated rings. The highest BCUT2D eigenvalue weighted by Crippen LogP contribution is 2.36. The van der Waals surface area contributed by atoms with Gasteiger partial charge in [-0.15, -0.1) is 0 Å². The number of carboxylic acids is 1. The summed E-state index contributed by atoms with van der Waals surface area (Å²) in [6.07, 6.45) is 10.1. The number of fused-ring (bicyclic) bond motifs is 1. The van der Waals surface area contributed by atoms with Gasteiger partial charge in [0.05, 0.1) is 18.5 Å². The van der Waals surface area contributed by atoms with Crippen molar-refractivity contribution in [2.75, 3.05) is 26.7 Å². The molecular weight excluding hydrogens is 419 g/mol. The molecule has 0 spiro atoms. The van der Waals surface area contributed by atoms with E-state index < -0.39 is 18.1 Å². The Labute approximate surface area is 196 Å². The molecule has 1 aliphatic carbocycles. The van der Waals surface area contributed by atoms with Crippen molar-refractivity contribution < 1.29 is 19.0 Å². The summed E-state index contributed by atoms with van der Waals surface area (Å²) in [7, 11) is 1.59. The number of hydrogen-bond acceptors (Lipinski definition) is 4. The first kappa shape index (κ1) is 23.9. The van der Waals surface area contributed by atoms with Crippen molar-refractivity contribution in [3.8, 4) is 5.75 Å². The molecule has 2 aliphatic rings. The molecule has 0 bridgehead atoms. The van der Waals surface area contributed by atoms with Gasteiger partial charge in [-0.2, -0.15) is 0 Å². The van der Waals surface area contributed by atoms with Gasteiger partial charge in [-0.1, -0.05) is 32.1 Å². The summed E-state index contributed by atoms with van der Waals surface area (Å²) in [4.78, 5) is 18.7. The molecule has 1 unspecified atom stereocenters. The number of ether oxygens (including phenoxy) is 1. The quantitative estimate of drug-likeness (QED) is 0.499. The number of aromatic nitrogens is 1. The minimum atomic E-state index is -1.15. The standard InChI is InChI=1S/C27H37FN2O3/c1-33-21-8-10-26-23(17-21)22(11-14-29-26)25(28)9-7-20-13-16-30(18-24(20)27(31)32)15-12-19-5-3-2-4-6-19/h8,10-11,14,17,19-20,24-25H,2-7,9,12-13,15-16,18H2,1H3,(H,31,32)/t20-,24+,25?/m1/s1. The number of aliphatic carboxylic acids is 1. The van der Waals surface area contributed by atoms with Gasteiger partial charge in [0.25, 0.3) is 0 Å². The Hall–Kier alpha value is -2.21. The SMILES string of the molecule is COc1ccc2nccc(C(F)CC[C@@H]3CCN(CCC4CCCCC4)C[C@@H]3C(=O)O)c2c1. The zero-order valence-electron chi connectivity index (χ0n) is 19.7. The fourth-order valence-electron chi connectivity index (χ4n) is 5.80. The molecule has 1 aromatic heterocycles. The van der Waals surface area contributed by atoms with E-state index in [9.17, 15) is 9.90 Å². The van der Waals surface area contributed by atoms with Crippen molar-refractivity contribution in [2.45, 2.75) is 64.0 Å². The van der Waals surface area contributed by atoms with E-state index in [-0.39, 0.29) is 5.92 Å². The fraction of sp³-hybridized carbons (Fsp3) is 0.630. The van der Waals surface area contributed by atoms with Crippen LogP contribution >= 0.6 is 0 Å². The fourth-order valence-corrected chi connectivity index (χ4v) is 5.80. The molecule has 2 aromatic rings. The Morgan fingerprint density at radius 3 is 2.79 bits per heavy atom. The van der Waals surface area contributed by atoms with E-state index in [2.05, 4.69) is 9.88 Å². The zero-order chi connectivity index (χ0) is 23.2. The summed E-state index contributed by atoms with van der Waals surface area (Å²) in [5.41, 5.74) is 1.35. The lowest BCUT2D eigenvalue weighted by Crippen LogP contribution is -2.44. The molecule has 5 nitrogen and oxygen atoms in total. The van der Waals surface area contributed by atoms with Gasteiger partial charge in [-0.25, -0.2) is 4.39 Å². The van der Waals surface area contributed by atoms with Crippen LogP contribution in [-0.4, -0.2) is 47.7 Å². The first-order chi connectivity index (χ1) is 16.0. The van der Waals surface area contributed by atoms with Crippen LogP contribution in [-0.2, 0) is 4.79 Å².